The molecule has 0 spiro atoms. The number of hydrogen-bond acceptors (Lipinski definition) is 4. The second-order valence-corrected chi connectivity index (χ2v) is 5.13. The van der Waals surface area contributed by atoms with E-state index in [2.05, 4.69) is 25.5 Å². The van der Waals surface area contributed by atoms with Crippen molar-refractivity contribution in [3.8, 4) is 11.5 Å². The number of hydrogen-bond donors (Lipinski definition) is 2. The van der Waals surface area contributed by atoms with Crippen LogP contribution in [0.3, 0.4) is 0 Å². The van der Waals surface area contributed by atoms with Gasteiger partial charge in [-0.1, -0.05) is 12.1 Å². The lowest BCUT2D eigenvalue weighted by Crippen LogP contribution is -2.25. The molecule has 108 valence electrons. The van der Waals surface area contributed by atoms with E-state index in [0.29, 0.717) is 12.8 Å². The van der Waals surface area contributed by atoms with Gasteiger partial charge in [0.05, 0.1) is 16.7 Å². The fourth-order valence-electron chi connectivity index (χ4n) is 2.49. The van der Waals surface area contributed by atoms with Crippen molar-refractivity contribution in [2.45, 2.75) is 12.8 Å². The molecule has 3 heterocycles. The first-order chi connectivity index (χ1) is 10.8. The molecule has 22 heavy (non-hydrogen) atoms. The minimum absolute atomic E-state index is 0.0398. The summed E-state index contributed by atoms with van der Waals surface area (Å²) in [6.45, 7) is 0. The minimum Gasteiger partial charge on any atom is -0.337 e. The highest BCUT2D eigenvalue weighted by Crippen LogP contribution is 2.21. The van der Waals surface area contributed by atoms with E-state index >= 15 is 0 Å². The lowest BCUT2D eigenvalue weighted by atomic mass is 10.0. The Hall–Kier alpha value is -3.02. The highest BCUT2D eigenvalue weighted by molar-refractivity contribution is 6.05. The molecule has 1 aliphatic heterocycles. The van der Waals surface area contributed by atoms with Crippen molar-refractivity contribution < 1.29 is 4.79 Å². The number of pyridine rings is 1. The van der Waals surface area contributed by atoms with Crippen molar-refractivity contribution in [3.63, 3.8) is 0 Å². The summed E-state index contributed by atoms with van der Waals surface area (Å²) in [7, 11) is 0. The van der Waals surface area contributed by atoms with Gasteiger partial charge in [0.15, 0.2) is 5.82 Å². The number of carbonyl (C=O) groups excluding carboxylic acids is 1. The zero-order valence-corrected chi connectivity index (χ0v) is 11.7. The number of aromatic nitrogens is 3. The van der Waals surface area contributed by atoms with Crippen LogP contribution >= 0.6 is 0 Å². The van der Waals surface area contributed by atoms with Crippen LogP contribution in [-0.2, 0) is 4.79 Å². The Bertz CT molecular complexity index is 882. The van der Waals surface area contributed by atoms with E-state index in [1.807, 2.05) is 36.4 Å². The van der Waals surface area contributed by atoms with Gasteiger partial charge in [-0.25, -0.2) is 10.4 Å². The number of amides is 1. The fourth-order valence-corrected chi connectivity index (χ4v) is 2.49. The molecule has 2 N–H and O–H groups in total. The molecule has 0 fully saturated rings. The molecule has 0 saturated heterocycles. The summed E-state index contributed by atoms with van der Waals surface area (Å²) in [5.74, 6) is 0.702. The highest BCUT2D eigenvalue weighted by atomic mass is 16.2. The predicted octanol–water partition coefficient (Wildman–Crippen LogP) is 2.24. The van der Waals surface area contributed by atoms with Crippen LogP contribution < -0.4 is 5.43 Å². The maximum atomic E-state index is 11.2. The van der Waals surface area contributed by atoms with Gasteiger partial charge in [0.2, 0.25) is 5.91 Å². The number of H-pyrrole nitrogens is 1. The molecule has 0 radical (unpaired) electrons. The molecular weight excluding hydrogens is 278 g/mol. The molecule has 0 bridgehead atoms. The van der Waals surface area contributed by atoms with E-state index in [1.165, 1.54) is 0 Å². The summed E-state index contributed by atoms with van der Waals surface area (Å²) in [6.07, 6.45) is 2.86. The fraction of sp³-hybridized carbons (Fsp3) is 0.125. The monoisotopic (exact) mass is 291 g/mol. The van der Waals surface area contributed by atoms with Gasteiger partial charge in [-0.2, -0.15) is 5.10 Å². The molecule has 0 unspecified atom stereocenters. The third-order valence-corrected chi connectivity index (χ3v) is 3.63. The summed E-state index contributed by atoms with van der Waals surface area (Å²) in [5, 5.41) is 4.12. The lowest BCUT2D eigenvalue weighted by Gasteiger charge is -2.11. The Labute approximate surface area is 126 Å². The SMILES string of the molecule is O=C1CCC(c2ccc3[nH]c(-c4ccccn4)nc3c2)=NN1. The van der Waals surface area contributed by atoms with Crippen molar-refractivity contribution in [1.29, 1.82) is 0 Å². The Morgan fingerprint density at radius 1 is 1.09 bits per heavy atom. The van der Waals surface area contributed by atoms with E-state index in [1.54, 1.807) is 6.20 Å². The topological polar surface area (TPSA) is 83.0 Å². The summed E-state index contributed by atoms with van der Waals surface area (Å²) >= 11 is 0. The molecule has 1 aromatic carbocycles. The van der Waals surface area contributed by atoms with Crippen molar-refractivity contribution >= 4 is 22.7 Å². The van der Waals surface area contributed by atoms with Gasteiger partial charge in [0.25, 0.3) is 0 Å². The first-order valence-electron chi connectivity index (χ1n) is 7.06. The van der Waals surface area contributed by atoms with Crippen molar-refractivity contribution in [2.24, 2.45) is 5.10 Å². The van der Waals surface area contributed by atoms with Gasteiger partial charge in [0, 0.05) is 24.6 Å². The first-order valence-corrected chi connectivity index (χ1v) is 7.06. The van der Waals surface area contributed by atoms with Crippen molar-refractivity contribution in [2.75, 3.05) is 0 Å². The van der Waals surface area contributed by atoms with E-state index in [-0.39, 0.29) is 5.91 Å². The van der Waals surface area contributed by atoms with Gasteiger partial charge in [-0.3, -0.25) is 9.78 Å². The molecule has 3 aromatic rings. The number of nitrogens with zero attached hydrogens (tertiary/aromatic N) is 3. The quantitative estimate of drug-likeness (QED) is 0.759. The maximum absolute atomic E-state index is 11.2. The maximum Gasteiger partial charge on any atom is 0.240 e. The minimum atomic E-state index is -0.0398. The Kier molecular flexibility index (Phi) is 2.93. The Morgan fingerprint density at radius 2 is 2.05 bits per heavy atom. The Morgan fingerprint density at radius 3 is 2.82 bits per heavy atom. The van der Waals surface area contributed by atoms with Gasteiger partial charge in [0.1, 0.15) is 5.69 Å². The lowest BCUT2D eigenvalue weighted by molar-refractivity contribution is -0.121. The highest BCUT2D eigenvalue weighted by Gasteiger charge is 2.14. The number of imidazole rings is 1. The predicted molar refractivity (Wildman–Crippen MR) is 83.2 cm³/mol. The number of aromatic amines is 1. The first kappa shape index (κ1) is 12.7. The van der Waals surface area contributed by atoms with Crippen LogP contribution in [0.4, 0.5) is 0 Å². The number of rotatable bonds is 2. The molecule has 1 aliphatic rings. The molecular formula is C16H13N5O. The Balaban J connectivity index is 1.74. The van der Waals surface area contributed by atoms with Gasteiger partial charge in [-0.05, 0) is 24.3 Å². The molecule has 0 saturated carbocycles. The summed E-state index contributed by atoms with van der Waals surface area (Å²) in [4.78, 5) is 23.3. The number of benzene rings is 1. The standard InChI is InChI=1S/C16H13N5O/c22-15-7-6-11(20-21-15)10-4-5-12-14(9-10)19-16(18-12)13-3-1-2-8-17-13/h1-5,8-9H,6-7H2,(H,18,19)(H,21,22). The number of fused-ring (bicyclic) bond motifs is 1. The molecule has 6 nitrogen and oxygen atoms in total. The molecule has 6 heteroatoms. The van der Waals surface area contributed by atoms with Crippen LogP contribution in [0.15, 0.2) is 47.7 Å². The molecule has 0 aliphatic carbocycles. The van der Waals surface area contributed by atoms with E-state index in [4.69, 9.17) is 0 Å². The van der Waals surface area contributed by atoms with Crippen LogP contribution in [0.2, 0.25) is 0 Å². The zero-order valence-electron chi connectivity index (χ0n) is 11.7. The van der Waals surface area contributed by atoms with Crippen LogP contribution in [0.1, 0.15) is 18.4 Å². The normalized spacial score (nSPS) is 14.7. The van der Waals surface area contributed by atoms with Gasteiger partial charge in [-0.15, -0.1) is 0 Å². The van der Waals surface area contributed by atoms with Gasteiger partial charge >= 0.3 is 0 Å². The third-order valence-electron chi connectivity index (χ3n) is 3.63. The number of carbonyl (C=O) groups is 1. The number of nitrogens with one attached hydrogen (secondary N) is 2. The largest absolute Gasteiger partial charge is 0.337 e. The molecule has 2 aromatic heterocycles. The number of hydrazone groups is 1. The van der Waals surface area contributed by atoms with Crippen LogP contribution in [0.5, 0.6) is 0 Å². The van der Waals surface area contributed by atoms with Crippen LogP contribution in [0, 0.1) is 0 Å². The smallest absolute Gasteiger partial charge is 0.240 e. The molecule has 1 amide bonds. The second kappa shape index (κ2) is 5.07. The average molecular weight is 291 g/mol. The van der Waals surface area contributed by atoms with Crippen molar-refractivity contribution in [1.82, 2.24) is 20.4 Å². The summed E-state index contributed by atoms with van der Waals surface area (Å²) < 4.78 is 0. The van der Waals surface area contributed by atoms with E-state index in [9.17, 15) is 4.79 Å². The van der Waals surface area contributed by atoms with Crippen LogP contribution in [0.25, 0.3) is 22.6 Å². The van der Waals surface area contributed by atoms with E-state index < -0.39 is 0 Å². The summed E-state index contributed by atoms with van der Waals surface area (Å²) in [6, 6.07) is 11.7. The van der Waals surface area contributed by atoms with Gasteiger partial charge < -0.3 is 4.98 Å². The summed E-state index contributed by atoms with van der Waals surface area (Å²) in [5.41, 5.74) is 6.99. The van der Waals surface area contributed by atoms with Crippen molar-refractivity contribution in [3.05, 3.63) is 48.2 Å². The average Bonchev–Trinajstić information content (AvgIpc) is 2.99. The molecule has 0 atom stereocenters. The second-order valence-electron chi connectivity index (χ2n) is 5.13. The third kappa shape index (κ3) is 2.24. The van der Waals surface area contributed by atoms with Crippen LogP contribution in [-0.4, -0.2) is 26.6 Å². The van der Waals surface area contributed by atoms with E-state index in [0.717, 1.165) is 33.8 Å². The zero-order chi connectivity index (χ0) is 14.9. The molecule has 4 rings (SSSR count).